The van der Waals surface area contributed by atoms with E-state index in [2.05, 4.69) is 0 Å². The molecule has 1 aliphatic heterocycles. The van der Waals surface area contributed by atoms with Gasteiger partial charge in [0.1, 0.15) is 27.8 Å². The Kier molecular flexibility index (Phi) is 5.81. The summed E-state index contributed by atoms with van der Waals surface area (Å²) in [6.45, 7) is 5.04. The molecule has 0 bridgehead atoms. The van der Waals surface area contributed by atoms with Crippen molar-refractivity contribution in [3.8, 4) is 0 Å². The van der Waals surface area contributed by atoms with E-state index in [9.17, 15) is 17.6 Å². The third-order valence-electron chi connectivity index (χ3n) is 4.81. The Morgan fingerprint density at radius 3 is 2.43 bits per heavy atom. The van der Waals surface area contributed by atoms with Gasteiger partial charge in [-0.25, -0.2) is 17.9 Å². The summed E-state index contributed by atoms with van der Waals surface area (Å²) in [6, 6.07) is 4.55. The number of nitrogens with two attached hydrogens (primary N) is 1. The van der Waals surface area contributed by atoms with Crippen molar-refractivity contribution in [2.75, 3.05) is 26.2 Å². The van der Waals surface area contributed by atoms with Crippen LogP contribution in [0.3, 0.4) is 0 Å². The number of rotatable bonds is 4. The zero-order chi connectivity index (χ0) is 20.6. The molecule has 1 amide bonds. The Balaban J connectivity index is 1.73. The van der Waals surface area contributed by atoms with Gasteiger partial charge in [-0.1, -0.05) is 17.7 Å². The molecule has 1 aromatic carbocycles. The number of primary sulfonamides is 1. The van der Waals surface area contributed by atoms with E-state index in [1.165, 1.54) is 19.9 Å². The summed E-state index contributed by atoms with van der Waals surface area (Å²) >= 11 is 6.08. The number of furan rings is 1. The van der Waals surface area contributed by atoms with Crippen molar-refractivity contribution in [1.82, 2.24) is 9.80 Å². The first kappa shape index (κ1) is 20.8. The van der Waals surface area contributed by atoms with Crippen LogP contribution in [0.25, 0.3) is 0 Å². The summed E-state index contributed by atoms with van der Waals surface area (Å²) in [4.78, 5) is 16.2. The van der Waals surface area contributed by atoms with Crippen LogP contribution in [0, 0.1) is 19.7 Å². The van der Waals surface area contributed by atoms with Gasteiger partial charge in [-0.2, -0.15) is 0 Å². The molecular formula is C18H21ClFN3O4S. The van der Waals surface area contributed by atoms with Crippen LogP contribution in [0.5, 0.6) is 0 Å². The molecular weight excluding hydrogens is 409 g/mol. The van der Waals surface area contributed by atoms with Crippen LogP contribution in [0.2, 0.25) is 5.02 Å². The van der Waals surface area contributed by atoms with Crippen molar-refractivity contribution in [3.05, 3.63) is 51.7 Å². The maximum Gasteiger partial charge on any atom is 0.258 e. The van der Waals surface area contributed by atoms with Crippen molar-refractivity contribution in [3.63, 3.8) is 0 Å². The number of halogens is 2. The molecule has 2 aromatic rings. The summed E-state index contributed by atoms with van der Waals surface area (Å²) in [5, 5.41) is 5.62. The number of hydrogen-bond donors (Lipinski definition) is 1. The molecule has 0 atom stereocenters. The highest BCUT2D eigenvalue weighted by Gasteiger charge is 2.32. The highest BCUT2D eigenvalue weighted by molar-refractivity contribution is 7.89. The lowest BCUT2D eigenvalue weighted by Crippen LogP contribution is -2.48. The van der Waals surface area contributed by atoms with Crippen molar-refractivity contribution < 1.29 is 22.0 Å². The fourth-order valence-corrected chi connectivity index (χ4v) is 4.61. The van der Waals surface area contributed by atoms with Crippen molar-refractivity contribution >= 4 is 27.5 Å². The highest BCUT2D eigenvalue weighted by Crippen LogP contribution is 2.27. The van der Waals surface area contributed by atoms with Gasteiger partial charge in [0.2, 0.25) is 10.0 Å². The van der Waals surface area contributed by atoms with Crippen LogP contribution in [0.15, 0.2) is 27.5 Å². The number of nitrogens with zero attached hydrogens (tertiary/aromatic N) is 2. The van der Waals surface area contributed by atoms with E-state index in [1.54, 1.807) is 17.0 Å². The lowest BCUT2D eigenvalue weighted by molar-refractivity contribution is 0.0622. The number of benzene rings is 1. The van der Waals surface area contributed by atoms with E-state index in [1.807, 2.05) is 4.90 Å². The summed E-state index contributed by atoms with van der Waals surface area (Å²) < 4.78 is 43.1. The van der Waals surface area contributed by atoms with E-state index >= 15 is 0 Å². The third kappa shape index (κ3) is 4.07. The van der Waals surface area contributed by atoms with Gasteiger partial charge in [-0.3, -0.25) is 9.69 Å². The third-order valence-corrected chi connectivity index (χ3v) is 6.22. The molecule has 0 aliphatic carbocycles. The molecule has 0 saturated carbocycles. The molecule has 0 unspecified atom stereocenters. The monoisotopic (exact) mass is 429 g/mol. The van der Waals surface area contributed by atoms with Gasteiger partial charge in [0.05, 0.1) is 0 Å². The Hall–Kier alpha value is -1.94. The van der Waals surface area contributed by atoms with Crippen LogP contribution in [0.4, 0.5) is 4.39 Å². The molecule has 1 saturated heterocycles. The van der Waals surface area contributed by atoms with Gasteiger partial charge in [-0.05, 0) is 26.0 Å². The number of hydrogen-bond acceptors (Lipinski definition) is 5. The fraction of sp³-hybridized carbons (Fsp3) is 0.389. The average Bonchev–Trinajstić information content (AvgIpc) is 2.92. The minimum absolute atomic E-state index is 0.0226. The second-order valence-electron chi connectivity index (χ2n) is 6.73. The highest BCUT2D eigenvalue weighted by atomic mass is 35.5. The minimum Gasteiger partial charge on any atom is -0.464 e. The van der Waals surface area contributed by atoms with E-state index in [0.29, 0.717) is 43.3 Å². The van der Waals surface area contributed by atoms with Gasteiger partial charge < -0.3 is 9.32 Å². The van der Waals surface area contributed by atoms with E-state index in [-0.39, 0.29) is 27.8 Å². The Morgan fingerprint density at radius 2 is 1.86 bits per heavy atom. The first-order valence-electron chi connectivity index (χ1n) is 8.67. The summed E-state index contributed by atoms with van der Waals surface area (Å²) in [7, 11) is -4.10. The lowest BCUT2D eigenvalue weighted by atomic mass is 10.1. The van der Waals surface area contributed by atoms with Gasteiger partial charge in [0.25, 0.3) is 5.91 Å². The molecule has 0 radical (unpaired) electrons. The maximum atomic E-state index is 14.0. The Labute approximate surface area is 167 Å². The van der Waals surface area contributed by atoms with E-state index in [4.69, 9.17) is 21.2 Å². The number of aryl methyl sites for hydroxylation is 2. The maximum absolute atomic E-state index is 14.0. The van der Waals surface area contributed by atoms with E-state index in [0.717, 1.165) is 0 Å². The SMILES string of the molecule is Cc1oc(C)c(S(N)(=O)=O)c1C(=O)N1CCN(Cc2c(F)cccc2Cl)CC1. The molecule has 2 heterocycles. The second kappa shape index (κ2) is 7.82. The smallest absolute Gasteiger partial charge is 0.258 e. The zero-order valence-corrected chi connectivity index (χ0v) is 17.1. The summed E-state index contributed by atoms with van der Waals surface area (Å²) in [6.07, 6.45) is 0. The molecule has 1 aromatic heterocycles. The van der Waals surface area contributed by atoms with E-state index < -0.39 is 15.9 Å². The zero-order valence-electron chi connectivity index (χ0n) is 15.5. The van der Waals surface area contributed by atoms with Crippen molar-refractivity contribution in [2.45, 2.75) is 25.3 Å². The number of piperazine rings is 1. The van der Waals surface area contributed by atoms with Gasteiger partial charge >= 0.3 is 0 Å². The summed E-state index contributed by atoms with van der Waals surface area (Å²) in [5.74, 6) is -0.501. The largest absolute Gasteiger partial charge is 0.464 e. The molecule has 2 N–H and O–H groups in total. The Bertz CT molecular complexity index is 994. The predicted molar refractivity (Wildman–Crippen MR) is 102 cm³/mol. The quantitative estimate of drug-likeness (QED) is 0.804. The van der Waals surface area contributed by atoms with Gasteiger partial charge in [0, 0.05) is 43.3 Å². The first-order chi connectivity index (χ1) is 13.1. The number of carbonyl (C=O) groups excluding carboxylic acids is 1. The van der Waals surface area contributed by atoms with Crippen LogP contribution < -0.4 is 5.14 Å². The van der Waals surface area contributed by atoms with Gasteiger partial charge in [-0.15, -0.1) is 0 Å². The second-order valence-corrected chi connectivity index (χ2v) is 8.64. The van der Waals surface area contributed by atoms with Crippen LogP contribution in [-0.4, -0.2) is 50.3 Å². The molecule has 28 heavy (non-hydrogen) atoms. The van der Waals surface area contributed by atoms with Crippen LogP contribution in [0.1, 0.15) is 27.4 Å². The van der Waals surface area contributed by atoms with Crippen LogP contribution in [-0.2, 0) is 16.6 Å². The standard InChI is InChI=1S/C18H21ClFN3O4S/c1-11-16(17(12(2)27-11)28(21,25)26)18(24)23-8-6-22(7-9-23)10-13-14(19)4-3-5-15(13)20/h3-5H,6-10H2,1-2H3,(H2,21,25,26). The first-order valence-corrected chi connectivity index (χ1v) is 10.6. The molecule has 3 rings (SSSR count). The van der Waals surface area contributed by atoms with Crippen LogP contribution >= 0.6 is 11.6 Å². The predicted octanol–water partition coefficient (Wildman–Crippen LogP) is 2.29. The minimum atomic E-state index is -4.10. The van der Waals surface area contributed by atoms with Crippen molar-refractivity contribution in [2.24, 2.45) is 5.14 Å². The molecule has 1 fully saturated rings. The molecule has 10 heteroatoms. The summed E-state index contributed by atoms with van der Waals surface area (Å²) in [5.41, 5.74) is 0.396. The Morgan fingerprint density at radius 1 is 1.21 bits per heavy atom. The number of carbonyl (C=O) groups is 1. The average molecular weight is 430 g/mol. The topological polar surface area (TPSA) is 96.8 Å². The molecule has 1 aliphatic rings. The number of amides is 1. The van der Waals surface area contributed by atoms with Crippen molar-refractivity contribution in [1.29, 1.82) is 0 Å². The fourth-order valence-electron chi connectivity index (χ4n) is 3.43. The molecule has 152 valence electrons. The number of sulfonamides is 1. The molecule has 7 nitrogen and oxygen atoms in total. The molecule has 0 spiro atoms. The van der Waals surface area contributed by atoms with Gasteiger partial charge in [0.15, 0.2) is 0 Å². The lowest BCUT2D eigenvalue weighted by Gasteiger charge is -2.35. The normalized spacial score (nSPS) is 15.8.